The van der Waals surface area contributed by atoms with Gasteiger partial charge >= 0.3 is 5.97 Å². The van der Waals surface area contributed by atoms with Crippen LogP contribution in [-0.2, 0) is 9.53 Å². The molecular weight excluding hydrogens is 144 g/mol. The van der Waals surface area contributed by atoms with E-state index in [2.05, 4.69) is 0 Å². The molecule has 1 unspecified atom stereocenters. The Labute approximate surface area is 67.4 Å². The Bertz CT molecular complexity index is 140. The van der Waals surface area contributed by atoms with Gasteiger partial charge in [0.2, 0.25) is 0 Å². The molecule has 0 aromatic carbocycles. The first-order chi connectivity index (χ1) is 4.91. The van der Waals surface area contributed by atoms with Crippen molar-refractivity contribution in [3.05, 3.63) is 0 Å². The van der Waals surface area contributed by atoms with E-state index in [0.717, 1.165) is 0 Å². The summed E-state index contributed by atoms with van der Waals surface area (Å²) in [5.41, 5.74) is -0.291. The maximum Gasteiger partial charge on any atom is 0.306 e. The average molecular weight is 160 g/mol. The highest BCUT2D eigenvalue weighted by molar-refractivity contribution is 5.70. The van der Waals surface area contributed by atoms with Gasteiger partial charge in [-0.2, -0.15) is 0 Å². The fourth-order valence-electron chi connectivity index (χ4n) is 0.831. The molecule has 0 saturated heterocycles. The molecular formula is C8H16O3. The third kappa shape index (κ3) is 2.89. The second-order valence-corrected chi connectivity index (χ2v) is 3.48. The van der Waals surface area contributed by atoms with Crippen LogP contribution in [0.4, 0.5) is 0 Å². The monoisotopic (exact) mass is 160 g/mol. The Kier molecular flexibility index (Phi) is 3.52. The molecule has 0 rings (SSSR count). The lowest BCUT2D eigenvalue weighted by atomic mass is 9.81. The van der Waals surface area contributed by atoms with Crippen molar-refractivity contribution in [2.45, 2.75) is 20.8 Å². The quantitative estimate of drug-likeness (QED) is 0.675. The molecule has 0 aliphatic carbocycles. The van der Waals surface area contributed by atoms with Crippen LogP contribution in [0, 0.1) is 11.3 Å². The summed E-state index contributed by atoms with van der Waals surface area (Å²) in [6, 6.07) is 0. The summed E-state index contributed by atoms with van der Waals surface area (Å²) >= 11 is 0. The number of methoxy groups -OCH3 is 1. The van der Waals surface area contributed by atoms with Gasteiger partial charge in [0, 0.05) is 12.5 Å². The lowest BCUT2D eigenvalue weighted by Gasteiger charge is -2.27. The maximum atomic E-state index is 10.6. The molecule has 11 heavy (non-hydrogen) atoms. The summed E-state index contributed by atoms with van der Waals surface area (Å²) in [6.45, 7) is 5.94. The van der Waals surface area contributed by atoms with Crippen LogP contribution in [0.1, 0.15) is 20.8 Å². The molecule has 0 fully saturated rings. The SMILES string of the molecule is COCC(C)(C)C(C)C(=O)O. The van der Waals surface area contributed by atoms with E-state index >= 15 is 0 Å². The Morgan fingerprint density at radius 2 is 2.09 bits per heavy atom. The van der Waals surface area contributed by atoms with E-state index in [4.69, 9.17) is 9.84 Å². The summed E-state index contributed by atoms with van der Waals surface area (Å²) in [5, 5.41) is 8.69. The predicted molar refractivity (Wildman–Crippen MR) is 42.5 cm³/mol. The molecule has 3 nitrogen and oxygen atoms in total. The van der Waals surface area contributed by atoms with Crippen LogP contribution in [0.5, 0.6) is 0 Å². The van der Waals surface area contributed by atoms with Gasteiger partial charge in [-0.05, 0) is 0 Å². The Balaban J connectivity index is 4.16. The van der Waals surface area contributed by atoms with E-state index < -0.39 is 5.97 Å². The maximum absolute atomic E-state index is 10.6. The Hall–Kier alpha value is -0.570. The van der Waals surface area contributed by atoms with E-state index in [9.17, 15) is 4.79 Å². The number of ether oxygens (including phenoxy) is 1. The molecule has 66 valence electrons. The zero-order valence-corrected chi connectivity index (χ0v) is 7.55. The van der Waals surface area contributed by atoms with Gasteiger partial charge in [0.1, 0.15) is 0 Å². The van der Waals surface area contributed by atoms with Crippen molar-refractivity contribution in [1.82, 2.24) is 0 Å². The smallest absolute Gasteiger partial charge is 0.306 e. The minimum Gasteiger partial charge on any atom is -0.481 e. The fourth-order valence-corrected chi connectivity index (χ4v) is 0.831. The van der Waals surface area contributed by atoms with E-state index in [0.29, 0.717) is 6.61 Å². The first-order valence-corrected chi connectivity index (χ1v) is 3.63. The number of aliphatic carboxylic acids is 1. The summed E-state index contributed by atoms with van der Waals surface area (Å²) in [6.07, 6.45) is 0. The summed E-state index contributed by atoms with van der Waals surface area (Å²) in [7, 11) is 1.58. The van der Waals surface area contributed by atoms with Crippen LogP contribution in [0.15, 0.2) is 0 Å². The summed E-state index contributed by atoms with van der Waals surface area (Å²) in [5.74, 6) is -1.14. The van der Waals surface area contributed by atoms with E-state index in [1.165, 1.54) is 0 Å². The second-order valence-electron chi connectivity index (χ2n) is 3.48. The zero-order valence-electron chi connectivity index (χ0n) is 7.55. The standard InChI is InChI=1S/C8H16O3/c1-6(7(9)10)8(2,3)5-11-4/h6H,5H2,1-4H3,(H,9,10). The van der Waals surface area contributed by atoms with Crippen molar-refractivity contribution < 1.29 is 14.6 Å². The van der Waals surface area contributed by atoms with E-state index in [1.54, 1.807) is 14.0 Å². The first-order valence-electron chi connectivity index (χ1n) is 3.63. The summed E-state index contributed by atoms with van der Waals surface area (Å²) < 4.78 is 4.91. The minimum atomic E-state index is -0.771. The van der Waals surface area contributed by atoms with Crippen LogP contribution in [0.25, 0.3) is 0 Å². The van der Waals surface area contributed by atoms with Crippen molar-refractivity contribution in [1.29, 1.82) is 0 Å². The predicted octanol–water partition coefficient (Wildman–Crippen LogP) is 1.38. The van der Waals surface area contributed by atoms with Gasteiger partial charge in [-0.1, -0.05) is 20.8 Å². The number of carboxylic acids is 1. The zero-order chi connectivity index (χ0) is 9.07. The van der Waals surface area contributed by atoms with E-state index in [1.807, 2.05) is 13.8 Å². The highest BCUT2D eigenvalue weighted by atomic mass is 16.5. The molecule has 1 atom stereocenters. The lowest BCUT2D eigenvalue weighted by molar-refractivity contribution is -0.146. The van der Waals surface area contributed by atoms with E-state index in [-0.39, 0.29) is 11.3 Å². The van der Waals surface area contributed by atoms with Gasteiger partial charge in [0.25, 0.3) is 0 Å². The van der Waals surface area contributed by atoms with Crippen LogP contribution >= 0.6 is 0 Å². The van der Waals surface area contributed by atoms with Gasteiger partial charge in [-0.3, -0.25) is 4.79 Å². The fraction of sp³-hybridized carbons (Fsp3) is 0.875. The molecule has 0 aliphatic rings. The third-order valence-electron chi connectivity index (χ3n) is 2.06. The minimum absolute atomic E-state index is 0.291. The molecule has 1 N–H and O–H groups in total. The highest BCUT2D eigenvalue weighted by Gasteiger charge is 2.30. The first kappa shape index (κ1) is 10.4. The van der Waals surface area contributed by atoms with Crippen LogP contribution < -0.4 is 0 Å². The van der Waals surface area contributed by atoms with Crippen LogP contribution in [-0.4, -0.2) is 24.8 Å². The largest absolute Gasteiger partial charge is 0.481 e. The number of hydrogen-bond acceptors (Lipinski definition) is 2. The third-order valence-corrected chi connectivity index (χ3v) is 2.06. The van der Waals surface area contributed by atoms with Gasteiger partial charge in [0.05, 0.1) is 12.5 Å². The molecule has 0 bridgehead atoms. The topological polar surface area (TPSA) is 46.5 Å². The number of carboxylic acid groups (broad SMARTS) is 1. The average Bonchev–Trinajstić information content (AvgIpc) is 1.86. The molecule has 0 aliphatic heterocycles. The molecule has 0 saturated carbocycles. The van der Waals surface area contributed by atoms with Crippen molar-refractivity contribution in [3.8, 4) is 0 Å². The second kappa shape index (κ2) is 3.72. The molecule has 0 spiro atoms. The Morgan fingerprint density at radius 1 is 1.64 bits per heavy atom. The number of carbonyl (C=O) groups is 1. The van der Waals surface area contributed by atoms with Gasteiger partial charge in [-0.15, -0.1) is 0 Å². The van der Waals surface area contributed by atoms with Gasteiger partial charge in [0.15, 0.2) is 0 Å². The van der Waals surface area contributed by atoms with Crippen molar-refractivity contribution in [3.63, 3.8) is 0 Å². The molecule has 0 aromatic heterocycles. The van der Waals surface area contributed by atoms with Crippen molar-refractivity contribution in [2.75, 3.05) is 13.7 Å². The van der Waals surface area contributed by atoms with Crippen LogP contribution in [0.2, 0.25) is 0 Å². The Morgan fingerprint density at radius 3 is 2.36 bits per heavy atom. The number of hydrogen-bond donors (Lipinski definition) is 1. The molecule has 0 amide bonds. The molecule has 3 heteroatoms. The normalized spacial score (nSPS) is 14.5. The molecule has 0 aromatic rings. The van der Waals surface area contributed by atoms with Crippen LogP contribution in [0.3, 0.4) is 0 Å². The molecule has 0 heterocycles. The number of rotatable bonds is 4. The summed E-state index contributed by atoms with van der Waals surface area (Å²) in [4.78, 5) is 10.6. The van der Waals surface area contributed by atoms with Gasteiger partial charge in [-0.25, -0.2) is 0 Å². The van der Waals surface area contributed by atoms with Crippen molar-refractivity contribution >= 4 is 5.97 Å². The highest BCUT2D eigenvalue weighted by Crippen LogP contribution is 2.26. The lowest BCUT2D eigenvalue weighted by Crippen LogP contribution is -2.32. The van der Waals surface area contributed by atoms with Crippen molar-refractivity contribution in [2.24, 2.45) is 11.3 Å². The van der Waals surface area contributed by atoms with Gasteiger partial charge < -0.3 is 9.84 Å². The molecule has 0 radical (unpaired) electrons.